The van der Waals surface area contributed by atoms with Crippen LogP contribution in [-0.2, 0) is 0 Å². The zero-order valence-electron chi connectivity index (χ0n) is 18.8. The van der Waals surface area contributed by atoms with Crippen LogP contribution in [0.5, 0.6) is 5.75 Å². The van der Waals surface area contributed by atoms with Crippen LogP contribution < -0.4 is 15.4 Å². The monoisotopic (exact) mass is 500 g/mol. The summed E-state index contributed by atoms with van der Waals surface area (Å²) in [5.41, 5.74) is 1.49. The minimum Gasteiger partial charge on any atom is -0.492 e. The molecule has 0 aliphatic heterocycles. The second-order valence-corrected chi connectivity index (χ2v) is 9.22. The molecule has 0 radical (unpaired) electrons. The Balaban J connectivity index is 1.62. The third kappa shape index (κ3) is 7.09. The summed E-state index contributed by atoms with van der Waals surface area (Å²) >= 11 is 3.51. The van der Waals surface area contributed by atoms with Gasteiger partial charge in [-0.05, 0) is 65.5 Å². The molecule has 0 unspecified atom stereocenters. The minimum atomic E-state index is -0.266. The van der Waals surface area contributed by atoms with Crippen molar-refractivity contribution < 1.29 is 14.3 Å². The number of halogens is 1. The van der Waals surface area contributed by atoms with Crippen LogP contribution in [0.2, 0.25) is 0 Å². The van der Waals surface area contributed by atoms with Gasteiger partial charge in [0, 0.05) is 11.6 Å². The molecule has 32 heavy (non-hydrogen) atoms. The van der Waals surface area contributed by atoms with E-state index in [1.165, 1.54) is 19.3 Å². The summed E-state index contributed by atoms with van der Waals surface area (Å²) in [6.45, 7) is 2.84. The Morgan fingerprint density at radius 3 is 2.53 bits per heavy atom. The van der Waals surface area contributed by atoms with Crippen molar-refractivity contribution in [3.05, 3.63) is 58.1 Å². The number of nitrogens with one attached hydrogen (secondary N) is 2. The molecule has 1 fully saturated rings. The van der Waals surface area contributed by atoms with Gasteiger partial charge in [-0.15, -0.1) is 0 Å². The van der Waals surface area contributed by atoms with Crippen molar-refractivity contribution in [2.24, 2.45) is 0 Å². The molecule has 172 valence electrons. The number of ether oxygens (including phenoxy) is 1. The maximum atomic E-state index is 12.9. The number of unbranched alkanes of at least 4 members (excludes halogenated alkanes) is 3. The molecular formula is C26H33BrN2O3. The van der Waals surface area contributed by atoms with Crippen LogP contribution in [0.15, 0.2) is 46.9 Å². The SMILES string of the molecule is CCCCCCOc1ccc(C(=O)Nc2ccccc2C(=O)NC2CCCCC2)cc1Br. The summed E-state index contributed by atoms with van der Waals surface area (Å²) in [5, 5.41) is 6.02. The summed E-state index contributed by atoms with van der Waals surface area (Å²) in [7, 11) is 0. The Kier molecular flexibility index (Phi) is 9.60. The van der Waals surface area contributed by atoms with Crippen LogP contribution in [0.3, 0.4) is 0 Å². The summed E-state index contributed by atoms with van der Waals surface area (Å²) < 4.78 is 6.57. The molecule has 1 saturated carbocycles. The minimum absolute atomic E-state index is 0.138. The van der Waals surface area contributed by atoms with Gasteiger partial charge < -0.3 is 15.4 Å². The largest absolute Gasteiger partial charge is 0.492 e. The maximum Gasteiger partial charge on any atom is 0.255 e. The molecule has 0 atom stereocenters. The van der Waals surface area contributed by atoms with Gasteiger partial charge in [-0.2, -0.15) is 0 Å². The quantitative estimate of drug-likeness (QED) is 0.355. The van der Waals surface area contributed by atoms with Gasteiger partial charge in [-0.25, -0.2) is 0 Å². The van der Waals surface area contributed by atoms with Crippen molar-refractivity contribution in [3.8, 4) is 5.75 Å². The first-order valence-corrected chi connectivity index (χ1v) is 12.5. The smallest absolute Gasteiger partial charge is 0.255 e. The first kappa shape index (κ1) is 24.3. The van der Waals surface area contributed by atoms with Gasteiger partial charge in [-0.3, -0.25) is 9.59 Å². The van der Waals surface area contributed by atoms with Gasteiger partial charge in [0.05, 0.1) is 22.3 Å². The van der Waals surface area contributed by atoms with E-state index in [1.54, 1.807) is 30.3 Å². The fraction of sp³-hybridized carbons (Fsp3) is 0.462. The summed E-state index contributed by atoms with van der Waals surface area (Å²) in [4.78, 5) is 25.7. The Morgan fingerprint density at radius 1 is 1.00 bits per heavy atom. The lowest BCUT2D eigenvalue weighted by Crippen LogP contribution is -2.36. The van der Waals surface area contributed by atoms with Crippen molar-refractivity contribution in [1.82, 2.24) is 5.32 Å². The van der Waals surface area contributed by atoms with Gasteiger partial charge >= 0.3 is 0 Å². The van der Waals surface area contributed by atoms with Crippen molar-refractivity contribution in [1.29, 1.82) is 0 Å². The molecule has 0 bridgehead atoms. The average molecular weight is 501 g/mol. The van der Waals surface area contributed by atoms with E-state index in [-0.39, 0.29) is 17.9 Å². The third-order valence-electron chi connectivity index (χ3n) is 5.81. The Bertz CT molecular complexity index is 910. The zero-order chi connectivity index (χ0) is 22.8. The third-order valence-corrected chi connectivity index (χ3v) is 6.43. The molecule has 2 amide bonds. The Labute approximate surface area is 199 Å². The van der Waals surface area contributed by atoms with Gasteiger partial charge in [0.1, 0.15) is 5.75 Å². The first-order chi connectivity index (χ1) is 15.6. The number of hydrogen-bond donors (Lipinski definition) is 2. The number of benzene rings is 2. The molecule has 0 aromatic heterocycles. The van der Waals surface area contributed by atoms with E-state index in [0.717, 1.165) is 48.7 Å². The molecule has 0 heterocycles. The predicted molar refractivity (Wildman–Crippen MR) is 133 cm³/mol. The molecule has 2 N–H and O–H groups in total. The van der Waals surface area contributed by atoms with Crippen LogP contribution in [-0.4, -0.2) is 24.5 Å². The van der Waals surface area contributed by atoms with E-state index in [0.29, 0.717) is 23.4 Å². The van der Waals surface area contributed by atoms with E-state index in [1.807, 2.05) is 12.1 Å². The highest BCUT2D eigenvalue weighted by Crippen LogP contribution is 2.27. The van der Waals surface area contributed by atoms with Gasteiger partial charge in [-0.1, -0.05) is 57.6 Å². The fourth-order valence-corrected chi connectivity index (χ4v) is 4.46. The molecule has 2 aromatic carbocycles. The molecule has 2 aromatic rings. The first-order valence-electron chi connectivity index (χ1n) is 11.7. The van der Waals surface area contributed by atoms with Crippen LogP contribution in [0, 0.1) is 0 Å². The van der Waals surface area contributed by atoms with Crippen LogP contribution >= 0.6 is 15.9 Å². The average Bonchev–Trinajstić information content (AvgIpc) is 2.80. The summed E-state index contributed by atoms with van der Waals surface area (Å²) in [6, 6.07) is 12.7. The number of carbonyl (C=O) groups is 2. The number of rotatable bonds is 10. The van der Waals surface area contributed by atoms with E-state index in [9.17, 15) is 9.59 Å². The number of hydrogen-bond acceptors (Lipinski definition) is 3. The lowest BCUT2D eigenvalue weighted by atomic mass is 9.95. The second kappa shape index (κ2) is 12.6. The molecule has 0 spiro atoms. The summed E-state index contributed by atoms with van der Waals surface area (Å²) in [5.74, 6) is 0.323. The van der Waals surface area contributed by atoms with Crippen molar-refractivity contribution in [2.75, 3.05) is 11.9 Å². The molecule has 6 heteroatoms. The lowest BCUT2D eigenvalue weighted by molar-refractivity contribution is 0.0928. The highest BCUT2D eigenvalue weighted by molar-refractivity contribution is 9.10. The molecule has 3 rings (SSSR count). The van der Waals surface area contributed by atoms with E-state index < -0.39 is 0 Å². The normalized spacial score (nSPS) is 14.1. The Morgan fingerprint density at radius 2 is 1.78 bits per heavy atom. The van der Waals surface area contributed by atoms with Gasteiger partial charge in [0.2, 0.25) is 0 Å². The molecular weight excluding hydrogens is 468 g/mol. The zero-order valence-corrected chi connectivity index (χ0v) is 20.4. The number of para-hydroxylation sites is 1. The fourth-order valence-electron chi connectivity index (χ4n) is 3.96. The molecule has 1 aliphatic carbocycles. The van der Waals surface area contributed by atoms with E-state index >= 15 is 0 Å². The number of carbonyl (C=O) groups excluding carboxylic acids is 2. The predicted octanol–water partition coefficient (Wildman–Crippen LogP) is 6.72. The van der Waals surface area contributed by atoms with Crippen LogP contribution in [0.1, 0.15) is 85.4 Å². The molecule has 1 aliphatic rings. The van der Waals surface area contributed by atoms with Crippen molar-refractivity contribution in [2.45, 2.75) is 70.8 Å². The van der Waals surface area contributed by atoms with Gasteiger partial charge in [0.15, 0.2) is 0 Å². The number of anilines is 1. The lowest BCUT2D eigenvalue weighted by Gasteiger charge is -2.23. The molecule has 0 saturated heterocycles. The highest BCUT2D eigenvalue weighted by atomic mass is 79.9. The van der Waals surface area contributed by atoms with Crippen molar-refractivity contribution >= 4 is 33.4 Å². The number of amides is 2. The molecule has 5 nitrogen and oxygen atoms in total. The standard InChI is InChI=1S/C26H33BrN2O3/c1-2-3-4-10-17-32-24-16-15-19(18-22(24)27)25(30)29-23-14-9-8-13-21(23)26(31)28-20-11-6-5-7-12-20/h8-9,13-16,18,20H,2-7,10-12,17H2,1H3,(H,28,31)(H,29,30). The van der Waals surface area contributed by atoms with Gasteiger partial charge in [0.25, 0.3) is 11.8 Å². The second-order valence-electron chi connectivity index (χ2n) is 8.36. The Hall–Kier alpha value is -2.34. The van der Waals surface area contributed by atoms with E-state index in [4.69, 9.17) is 4.74 Å². The summed E-state index contributed by atoms with van der Waals surface area (Å²) in [6.07, 6.45) is 10.1. The van der Waals surface area contributed by atoms with Crippen molar-refractivity contribution in [3.63, 3.8) is 0 Å². The topological polar surface area (TPSA) is 67.4 Å². The van der Waals surface area contributed by atoms with Crippen LogP contribution in [0.25, 0.3) is 0 Å². The highest BCUT2D eigenvalue weighted by Gasteiger charge is 2.19. The van der Waals surface area contributed by atoms with E-state index in [2.05, 4.69) is 33.5 Å². The van der Waals surface area contributed by atoms with Crippen LogP contribution in [0.4, 0.5) is 5.69 Å². The maximum absolute atomic E-state index is 12.9.